The van der Waals surface area contributed by atoms with E-state index >= 15 is 0 Å². The van der Waals surface area contributed by atoms with Gasteiger partial charge in [-0.2, -0.15) is 0 Å². The molecule has 314 valence electrons. The van der Waals surface area contributed by atoms with Crippen molar-refractivity contribution in [3.05, 3.63) is 71.3 Å². The zero-order chi connectivity index (χ0) is 40.0. The SMILES string of the molecule is N[C@H]1CC[C@H](NC(=O)C23CC4C[C@@](CCCl)(C2)C[C@](c2ccc(C56CC7(C(=O)N[C@H]8CC[C@H](N)CC8)C[C@](CCF)(C5)C[C@@](c5ccccc5)(C7)C6)cc2)(C4)C3)CC1. The van der Waals surface area contributed by atoms with Gasteiger partial charge >= 0.3 is 0 Å². The quantitative estimate of drug-likeness (QED) is 0.170. The van der Waals surface area contributed by atoms with E-state index in [0.717, 1.165) is 128 Å². The molecule has 6 nitrogen and oxygen atoms in total. The van der Waals surface area contributed by atoms with Crippen LogP contribution in [0.1, 0.15) is 158 Å². The van der Waals surface area contributed by atoms with Gasteiger partial charge in [0.05, 0.1) is 17.5 Å². The van der Waals surface area contributed by atoms with Crippen LogP contribution in [-0.2, 0) is 25.8 Å². The molecule has 6 N–H and O–H groups in total. The Bertz CT molecular complexity index is 1880. The molecule has 0 spiro atoms. The Kier molecular flexibility index (Phi) is 9.77. The fraction of sp³-hybridized carbons (Fsp3) is 0.720. The van der Waals surface area contributed by atoms with E-state index in [1.54, 1.807) is 0 Å². The third kappa shape index (κ3) is 6.52. The van der Waals surface area contributed by atoms with Crippen LogP contribution in [0, 0.1) is 27.6 Å². The number of benzene rings is 2. The van der Waals surface area contributed by atoms with E-state index in [9.17, 15) is 14.0 Å². The van der Waals surface area contributed by atoms with E-state index in [0.29, 0.717) is 18.2 Å². The molecule has 10 fully saturated rings. The zero-order valence-electron chi connectivity index (χ0n) is 34.8. The predicted molar refractivity (Wildman–Crippen MR) is 229 cm³/mol. The molecule has 10 aliphatic carbocycles. The molecule has 58 heavy (non-hydrogen) atoms. The maximum atomic E-state index is 15.0. The summed E-state index contributed by atoms with van der Waals surface area (Å²) in [6, 6.07) is 21.5. The van der Waals surface area contributed by atoms with Gasteiger partial charge in [-0.05, 0) is 191 Å². The number of nitrogens with one attached hydrogen (secondary N) is 2. The summed E-state index contributed by atoms with van der Waals surface area (Å²) in [6.07, 6.45) is 20.8. The summed E-state index contributed by atoms with van der Waals surface area (Å²) >= 11 is 6.61. The number of rotatable bonds is 11. The molecule has 2 aromatic rings. The number of carbonyl (C=O) groups excluding carboxylic acids is 2. The van der Waals surface area contributed by atoms with Crippen molar-refractivity contribution in [3.8, 4) is 0 Å². The summed E-state index contributed by atoms with van der Waals surface area (Å²) in [4.78, 5) is 29.6. The summed E-state index contributed by atoms with van der Waals surface area (Å²) in [6.45, 7) is -0.352. The second-order valence-electron chi connectivity index (χ2n) is 22.5. The van der Waals surface area contributed by atoms with Gasteiger partial charge in [0.2, 0.25) is 11.8 Å². The van der Waals surface area contributed by atoms with Crippen LogP contribution in [0.15, 0.2) is 54.6 Å². The highest BCUT2D eigenvalue weighted by Crippen LogP contribution is 2.76. The molecule has 0 saturated heterocycles. The maximum absolute atomic E-state index is 15.0. The van der Waals surface area contributed by atoms with Crippen LogP contribution >= 0.6 is 11.6 Å². The molecule has 0 heterocycles. The van der Waals surface area contributed by atoms with E-state index in [-0.39, 0.29) is 75.1 Å². The highest BCUT2D eigenvalue weighted by molar-refractivity contribution is 6.17. The first kappa shape index (κ1) is 39.6. The lowest BCUT2D eigenvalue weighted by molar-refractivity contribution is -0.171. The van der Waals surface area contributed by atoms with Gasteiger partial charge < -0.3 is 22.1 Å². The van der Waals surface area contributed by atoms with Crippen LogP contribution in [-0.4, -0.2) is 48.5 Å². The van der Waals surface area contributed by atoms with Gasteiger partial charge in [-0.15, -0.1) is 11.6 Å². The lowest BCUT2D eigenvalue weighted by Crippen LogP contribution is -2.68. The number of halogens is 2. The first-order valence-corrected chi connectivity index (χ1v) is 23.8. The molecular formula is C50H68ClFN4O2. The maximum Gasteiger partial charge on any atom is 0.226 e. The minimum atomic E-state index is -0.547. The van der Waals surface area contributed by atoms with Gasteiger partial charge in [0.1, 0.15) is 0 Å². The monoisotopic (exact) mass is 811 g/mol. The third-order valence-corrected chi connectivity index (χ3v) is 18.5. The molecular weight excluding hydrogens is 743 g/mol. The Balaban J connectivity index is 1.00. The summed E-state index contributed by atoms with van der Waals surface area (Å²) in [5.74, 6) is 1.65. The number of hydrogen-bond donors (Lipinski definition) is 4. The number of carbonyl (C=O) groups is 2. The molecule has 0 aliphatic heterocycles. The largest absolute Gasteiger partial charge is 0.353 e. The first-order chi connectivity index (χ1) is 27.9. The second-order valence-corrected chi connectivity index (χ2v) is 22.8. The standard InChI is InChI=1S/C50H68ClFN4O2/c51-20-18-44-22-34-23-46(25-44,30-47(24-34,26-44)42(57)55-40-14-10-38(53)11-15-40)36-6-8-37(9-7-36)49-28-45(19-21-52)27-48(31-49,35-4-2-1-3-5-35)32-50(29-45,33-49)43(58)56-41-16-12-39(54)13-17-41/h1-9,34,38-41H,10-33,53-54H2,(H,55,57)(H,56,58)/t34?,38-,39-,40-,41-,44-,45+,46-,47?,48+,49?,50?/m1/s1. The van der Waals surface area contributed by atoms with E-state index in [1.165, 1.54) is 23.1 Å². The summed E-state index contributed by atoms with van der Waals surface area (Å²) < 4.78 is 14.9. The Morgan fingerprint density at radius 3 is 1.64 bits per heavy atom. The van der Waals surface area contributed by atoms with Crippen LogP contribution in [0.25, 0.3) is 0 Å². The lowest BCUT2D eigenvalue weighted by atomic mass is 9.33. The molecule has 8 bridgehead atoms. The predicted octanol–water partition coefficient (Wildman–Crippen LogP) is 9.19. The summed E-state index contributed by atoms with van der Waals surface area (Å²) in [5, 5.41) is 7.18. The van der Waals surface area contributed by atoms with Crippen molar-refractivity contribution in [1.29, 1.82) is 0 Å². The molecule has 10 aliphatic rings. The van der Waals surface area contributed by atoms with E-state index in [4.69, 9.17) is 23.1 Å². The first-order valence-electron chi connectivity index (χ1n) is 23.3. The molecule has 8 atom stereocenters. The fourth-order valence-corrected chi connectivity index (χ4v) is 17.4. The number of hydrogen-bond acceptors (Lipinski definition) is 4. The van der Waals surface area contributed by atoms with Gasteiger partial charge in [0.25, 0.3) is 0 Å². The van der Waals surface area contributed by atoms with Crippen LogP contribution in [0.4, 0.5) is 4.39 Å². The van der Waals surface area contributed by atoms with Crippen molar-refractivity contribution in [1.82, 2.24) is 10.6 Å². The summed E-state index contributed by atoms with van der Waals surface area (Å²) in [7, 11) is 0. The Labute approximate surface area is 351 Å². The minimum Gasteiger partial charge on any atom is -0.353 e. The highest BCUT2D eigenvalue weighted by Gasteiger charge is 2.71. The molecule has 10 saturated carbocycles. The number of amides is 2. The van der Waals surface area contributed by atoms with E-state index in [2.05, 4.69) is 65.2 Å². The topological polar surface area (TPSA) is 110 Å². The fourth-order valence-electron chi connectivity index (χ4n) is 17.0. The van der Waals surface area contributed by atoms with Gasteiger partial charge in [0, 0.05) is 30.0 Å². The normalized spacial score (nSPS) is 44.9. The van der Waals surface area contributed by atoms with Gasteiger partial charge in [-0.3, -0.25) is 14.0 Å². The number of alkyl halides is 2. The van der Waals surface area contributed by atoms with Crippen molar-refractivity contribution < 1.29 is 14.0 Å². The minimum absolute atomic E-state index is 0.0535. The van der Waals surface area contributed by atoms with Crippen molar-refractivity contribution >= 4 is 23.4 Å². The second kappa shape index (κ2) is 14.3. The average Bonchev–Trinajstić information content (AvgIpc) is 3.19. The third-order valence-electron chi connectivity index (χ3n) is 18.3. The molecule has 0 aromatic heterocycles. The van der Waals surface area contributed by atoms with Gasteiger partial charge in [0.15, 0.2) is 0 Å². The highest BCUT2D eigenvalue weighted by atomic mass is 35.5. The van der Waals surface area contributed by atoms with Crippen LogP contribution in [0.3, 0.4) is 0 Å². The van der Waals surface area contributed by atoms with Crippen LogP contribution in [0.5, 0.6) is 0 Å². The molecule has 8 heteroatoms. The Hall–Kier alpha value is -2.48. The van der Waals surface area contributed by atoms with E-state index < -0.39 is 5.41 Å². The zero-order valence-corrected chi connectivity index (χ0v) is 35.5. The molecule has 2 amide bonds. The van der Waals surface area contributed by atoms with Crippen LogP contribution < -0.4 is 22.1 Å². The van der Waals surface area contributed by atoms with E-state index in [1.807, 2.05) is 0 Å². The molecule has 0 radical (unpaired) electrons. The van der Waals surface area contributed by atoms with Crippen molar-refractivity contribution in [2.75, 3.05) is 12.6 Å². The van der Waals surface area contributed by atoms with Gasteiger partial charge in [-0.1, -0.05) is 54.6 Å². The summed E-state index contributed by atoms with van der Waals surface area (Å²) in [5.41, 5.74) is 15.0. The van der Waals surface area contributed by atoms with Crippen molar-refractivity contribution in [2.45, 2.75) is 182 Å². The Morgan fingerprint density at radius 1 is 0.569 bits per heavy atom. The van der Waals surface area contributed by atoms with Crippen LogP contribution in [0.2, 0.25) is 0 Å². The molecule has 2 aromatic carbocycles. The molecule has 4 unspecified atom stereocenters. The average molecular weight is 812 g/mol. The van der Waals surface area contributed by atoms with Gasteiger partial charge in [-0.25, -0.2) is 0 Å². The smallest absolute Gasteiger partial charge is 0.226 e. The van der Waals surface area contributed by atoms with Crippen molar-refractivity contribution in [2.24, 2.45) is 39.0 Å². The molecule has 12 rings (SSSR count). The van der Waals surface area contributed by atoms with Crippen molar-refractivity contribution in [3.63, 3.8) is 0 Å². The Morgan fingerprint density at radius 2 is 1.07 bits per heavy atom. The lowest BCUT2D eigenvalue weighted by Gasteiger charge is -2.70. The number of nitrogens with two attached hydrogens (primary N) is 2.